The quantitative estimate of drug-likeness (QED) is 0.597. The highest BCUT2D eigenvalue weighted by Gasteiger charge is 2.43. The number of oxazole rings is 1. The number of esters is 1. The van der Waals surface area contributed by atoms with E-state index in [-0.39, 0.29) is 11.7 Å². The number of hydrogen-bond donors (Lipinski definition) is 1. The number of hydrogen-bond acceptors (Lipinski definition) is 7. The lowest BCUT2D eigenvalue weighted by atomic mass is 9.98. The van der Waals surface area contributed by atoms with Crippen LogP contribution in [-0.4, -0.2) is 34.8 Å². The number of aromatic nitrogens is 1. The molecule has 0 aliphatic heterocycles. The van der Waals surface area contributed by atoms with Gasteiger partial charge in [-0.05, 0) is 37.8 Å². The molecule has 0 bridgehead atoms. The van der Waals surface area contributed by atoms with Crippen molar-refractivity contribution in [2.45, 2.75) is 30.5 Å². The first-order chi connectivity index (χ1) is 12.0. The standard InChI is InChI=1S/C17H17N3O4S/c1-17(10-18,11-6-7-11)20-14(21)8-23-15(22)9-25-16-19-12-4-2-3-5-13(12)24-16/h2-5,11H,6-9H2,1H3,(H,20,21)/t17-/m1/s1. The highest BCUT2D eigenvalue weighted by molar-refractivity contribution is 7.99. The highest BCUT2D eigenvalue weighted by Crippen LogP contribution is 2.39. The minimum Gasteiger partial charge on any atom is -0.455 e. The number of para-hydroxylation sites is 2. The number of ether oxygens (including phenoxy) is 1. The number of nitrogens with zero attached hydrogens (tertiary/aromatic N) is 2. The third kappa shape index (κ3) is 4.31. The molecule has 0 spiro atoms. The topological polar surface area (TPSA) is 105 Å². The van der Waals surface area contributed by atoms with Crippen molar-refractivity contribution in [2.24, 2.45) is 5.92 Å². The third-order valence-electron chi connectivity index (χ3n) is 3.98. The van der Waals surface area contributed by atoms with Crippen LogP contribution in [0.5, 0.6) is 0 Å². The van der Waals surface area contributed by atoms with Crippen LogP contribution in [0.1, 0.15) is 19.8 Å². The van der Waals surface area contributed by atoms with E-state index in [0.717, 1.165) is 24.6 Å². The molecule has 2 aromatic rings. The summed E-state index contributed by atoms with van der Waals surface area (Å²) in [5, 5.41) is 12.2. The molecule has 0 saturated heterocycles. The maximum Gasteiger partial charge on any atom is 0.316 e. The Morgan fingerprint density at radius 1 is 1.48 bits per heavy atom. The average Bonchev–Trinajstić information content (AvgIpc) is 3.38. The van der Waals surface area contributed by atoms with Crippen molar-refractivity contribution in [1.82, 2.24) is 10.3 Å². The van der Waals surface area contributed by atoms with Crippen molar-refractivity contribution < 1.29 is 18.7 Å². The number of carbonyl (C=O) groups excluding carboxylic acids is 2. The van der Waals surface area contributed by atoms with Gasteiger partial charge < -0.3 is 14.5 Å². The number of rotatable bonds is 7. The molecule has 1 heterocycles. The van der Waals surface area contributed by atoms with Crippen LogP contribution >= 0.6 is 11.8 Å². The van der Waals surface area contributed by atoms with E-state index in [2.05, 4.69) is 16.4 Å². The molecule has 1 aliphatic rings. The molecule has 1 fully saturated rings. The number of nitrogens with one attached hydrogen (secondary N) is 1. The molecule has 1 aliphatic carbocycles. The van der Waals surface area contributed by atoms with Gasteiger partial charge in [0.1, 0.15) is 16.8 Å². The summed E-state index contributed by atoms with van der Waals surface area (Å²) in [4.78, 5) is 27.9. The van der Waals surface area contributed by atoms with Crippen molar-refractivity contribution in [1.29, 1.82) is 5.26 Å². The minimum atomic E-state index is -0.892. The Kier molecular flexibility index (Phi) is 4.95. The summed E-state index contributed by atoms with van der Waals surface area (Å²) in [6.45, 7) is 1.28. The van der Waals surface area contributed by atoms with E-state index in [9.17, 15) is 14.9 Å². The minimum absolute atomic E-state index is 0.0156. The van der Waals surface area contributed by atoms with E-state index in [0.29, 0.717) is 16.3 Å². The van der Waals surface area contributed by atoms with Gasteiger partial charge in [0.25, 0.3) is 11.1 Å². The second-order valence-corrected chi connectivity index (χ2v) is 6.96. The van der Waals surface area contributed by atoms with Gasteiger partial charge in [0.2, 0.25) is 0 Å². The second kappa shape index (κ2) is 7.15. The summed E-state index contributed by atoms with van der Waals surface area (Å²) in [6.07, 6.45) is 1.84. The number of carbonyl (C=O) groups is 2. The first-order valence-electron chi connectivity index (χ1n) is 7.86. The number of fused-ring (bicyclic) bond motifs is 1. The molecule has 0 radical (unpaired) electrons. The van der Waals surface area contributed by atoms with Gasteiger partial charge in [-0.3, -0.25) is 9.59 Å². The summed E-state index contributed by atoms with van der Waals surface area (Å²) in [5.41, 5.74) is 0.471. The van der Waals surface area contributed by atoms with Crippen molar-refractivity contribution >= 4 is 34.7 Å². The van der Waals surface area contributed by atoms with Crippen molar-refractivity contribution in [3.63, 3.8) is 0 Å². The smallest absolute Gasteiger partial charge is 0.316 e. The van der Waals surface area contributed by atoms with Gasteiger partial charge in [-0.15, -0.1) is 0 Å². The maximum absolute atomic E-state index is 11.9. The summed E-state index contributed by atoms with van der Waals surface area (Å²) in [7, 11) is 0. The fourth-order valence-electron chi connectivity index (χ4n) is 2.43. The van der Waals surface area contributed by atoms with Gasteiger partial charge in [0.15, 0.2) is 12.2 Å². The Bertz CT molecular complexity index is 807. The molecule has 0 unspecified atom stereocenters. The fraction of sp³-hybridized carbons (Fsp3) is 0.412. The molecule has 8 heteroatoms. The monoisotopic (exact) mass is 359 g/mol. The molecular weight excluding hydrogens is 342 g/mol. The highest BCUT2D eigenvalue weighted by atomic mass is 32.2. The molecule has 1 aromatic carbocycles. The molecule has 25 heavy (non-hydrogen) atoms. The van der Waals surface area contributed by atoms with Crippen molar-refractivity contribution in [3.8, 4) is 6.07 Å². The molecule has 1 aromatic heterocycles. The van der Waals surface area contributed by atoms with Gasteiger partial charge in [-0.2, -0.15) is 5.26 Å². The summed E-state index contributed by atoms with van der Waals surface area (Å²) in [6, 6.07) is 9.42. The molecule has 3 rings (SSSR count). The zero-order chi connectivity index (χ0) is 17.9. The van der Waals surface area contributed by atoms with E-state index >= 15 is 0 Å². The number of nitriles is 1. The van der Waals surface area contributed by atoms with Gasteiger partial charge in [0.05, 0.1) is 6.07 Å². The summed E-state index contributed by atoms with van der Waals surface area (Å²) < 4.78 is 10.4. The molecule has 1 atom stereocenters. The number of benzene rings is 1. The predicted molar refractivity (Wildman–Crippen MR) is 90.6 cm³/mol. The van der Waals surface area contributed by atoms with E-state index in [4.69, 9.17) is 9.15 Å². The Balaban J connectivity index is 1.43. The summed E-state index contributed by atoms with van der Waals surface area (Å²) >= 11 is 1.10. The number of amides is 1. The Labute approximate surface area is 148 Å². The predicted octanol–water partition coefficient (Wildman–Crippen LogP) is 2.27. The normalized spacial score (nSPS) is 16.0. The second-order valence-electron chi connectivity index (χ2n) is 6.03. The summed E-state index contributed by atoms with van der Waals surface area (Å²) in [5.74, 6) is -0.867. The van der Waals surface area contributed by atoms with Crippen LogP contribution in [0, 0.1) is 17.2 Å². The van der Waals surface area contributed by atoms with Crippen LogP contribution in [0.3, 0.4) is 0 Å². The van der Waals surface area contributed by atoms with Crippen LogP contribution in [0.15, 0.2) is 33.9 Å². The first-order valence-corrected chi connectivity index (χ1v) is 8.85. The van der Waals surface area contributed by atoms with Crippen LogP contribution < -0.4 is 5.32 Å². The Morgan fingerprint density at radius 2 is 2.24 bits per heavy atom. The Morgan fingerprint density at radius 3 is 2.92 bits per heavy atom. The SMILES string of the molecule is C[C@](C#N)(NC(=O)COC(=O)CSc1nc2ccccc2o1)C1CC1. The number of thioether (sulfide) groups is 1. The van der Waals surface area contributed by atoms with E-state index in [1.54, 1.807) is 13.0 Å². The van der Waals surface area contributed by atoms with Crippen LogP contribution in [0.2, 0.25) is 0 Å². The maximum atomic E-state index is 11.9. The zero-order valence-electron chi connectivity index (χ0n) is 13.7. The van der Waals surface area contributed by atoms with E-state index in [1.165, 1.54) is 0 Å². The first kappa shape index (κ1) is 17.3. The third-order valence-corrected chi connectivity index (χ3v) is 4.78. The van der Waals surface area contributed by atoms with Gasteiger partial charge in [0, 0.05) is 0 Å². The lowest BCUT2D eigenvalue weighted by Crippen LogP contribution is -2.48. The van der Waals surface area contributed by atoms with Crippen LogP contribution in [0.25, 0.3) is 11.1 Å². The molecular formula is C17H17N3O4S. The van der Waals surface area contributed by atoms with Gasteiger partial charge >= 0.3 is 5.97 Å². The van der Waals surface area contributed by atoms with E-state index in [1.807, 2.05) is 18.2 Å². The van der Waals surface area contributed by atoms with Crippen molar-refractivity contribution in [2.75, 3.05) is 12.4 Å². The van der Waals surface area contributed by atoms with E-state index < -0.39 is 24.0 Å². The van der Waals surface area contributed by atoms with Gasteiger partial charge in [-0.25, -0.2) is 4.98 Å². The lowest BCUT2D eigenvalue weighted by Gasteiger charge is -2.22. The molecule has 130 valence electrons. The van der Waals surface area contributed by atoms with Crippen molar-refractivity contribution in [3.05, 3.63) is 24.3 Å². The fourth-order valence-corrected chi connectivity index (χ4v) is 3.07. The molecule has 1 N–H and O–H groups in total. The largest absolute Gasteiger partial charge is 0.455 e. The Hall–Kier alpha value is -2.53. The lowest BCUT2D eigenvalue weighted by molar-refractivity contribution is -0.146. The molecule has 1 saturated carbocycles. The van der Waals surface area contributed by atoms with Gasteiger partial charge in [-0.1, -0.05) is 23.9 Å². The van der Waals surface area contributed by atoms with Crippen LogP contribution in [-0.2, 0) is 14.3 Å². The molecule has 1 amide bonds. The average molecular weight is 359 g/mol. The molecule has 7 nitrogen and oxygen atoms in total. The van der Waals surface area contributed by atoms with Crippen LogP contribution in [0.4, 0.5) is 0 Å². The zero-order valence-corrected chi connectivity index (χ0v) is 14.5.